The summed E-state index contributed by atoms with van der Waals surface area (Å²) in [6.45, 7) is 6.33. The van der Waals surface area contributed by atoms with E-state index >= 15 is 0 Å². The Morgan fingerprint density at radius 1 is 1.25 bits per heavy atom. The van der Waals surface area contributed by atoms with Crippen molar-refractivity contribution in [3.8, 4) is 0 Å². The molecular weight excluding hydrogens is 345 g/mol. The number of para-hydroxylation sites is 1. The zero-order valence-electron chi connectivity index (χ0n) is 13.0. The molecule has 1 amide bonds. The van der Waals surface area contributed by atoms with Crippen LogP contribution < -0.4 is 5.32 Å². The maximum atomic E-state index is 12.6. The number of carbonyl (C=O) groups excluding carboxylic acids is 1. The Morgan fingerprint density at radius 3 is 2.58 bits per heavy atom. The maximum Gasteiger partial charge on any atom is 0.258 e. The molecule has 24 heavy (non-hydrogen) atoms. The molecule has 1 heterocycles. The monoisotopic (exact) mass is 359 g/mol. The summed E-state index contributed by atoms with van der Waals surface area (Å²) >= 11 is 12.2. The molecule has 3 aromatic rings. The van der Waals surface area contributed by atoms with Crippen molar-refractivity contribution in [2.45, 2.75) is 13.5 Å². The Kier molecular flexibility index (Phi) is 4.60. The number of nitrogens with zero attached hydrogens (tertiary/aromatic N) is 2. The molecule has 2 aromatic carbocycles. The molecule has 0 atom stereocenters. The Balaban J connectivity index is 2.03. The number of fused-ring (bicyclic) bond motifs is 1. The van der Waals surface area contributed by atoms with Crippen LogP contribution in [0.25, 0.3) is 11.0 Å². The SMILES string of the molecule is C=CCn1c(C)nc2c(NC(=O)c3c(Cl)cccc3Cl)cccc21. The third-order valence-electron chi connectivity index (χ3n) is 3.72. The fourth-order valence-electron chi connectivity index (χ4n) is 2.62. The van der Waals surface area contributed by atoms with Gasteiger partial charge in [-0.15, -0.1) is 6.58 Å². The Bertz CT molecular complexity index is 927. The summed E-state index contributed by atoms with van der Waals surface area (Å²) in [5.74, 6) is 0.483. The van der Waals surface area contributed by atoms with Crippen molar-refractivity contribution in [2.24, 2.45) is 0 Å². The lowest BCUT2D eigenvalue weighted by atomic mass is 10.2. The van der Waals surface area contributed by atoms with Crippen molar-refractivity contribution >= 4 is 45.8 Å². The zero-order chi connectivity index (χ0) is 17.3. The quantitative estimate of drug-likeness (QED) is 0.659. The van der Waals surface area contributed by atoms with Crippen molar-refractivity contribution in [2.75, 3.05) is 5.32 Å². The standard InChI is InChI=1S/C18H15Cl2N3O/c1-3-10-23-11(2)21-17-14(8-5-9-15(17)23)22-18(24)16-12(19)6-4-7-13(16)20/h3-9H,1,10H2,2H3,(H,22,24). The number of nitrogens with one attached hydrogen (secondary N) is 1. The first-order valence-corrected chi connectivity index (χ1v) is 8.10. The number of rotatable bonds is 4. The van der Waals surface area contributed by atoms with Crippen LogP contribution in [0.1, 0.15) is 16.2 Å². The van der Waals surface area contributed by atoms with Crippen molar-refractivity contribution < 1.29 is 4.79 Å². The highest BCUT2D eigenvalue weighted by molar-refractivity contribution is 6.40. The van der Waals surface area contributed by atoms with Crippen LogP contribution in [0.4, 0.5) is 5.69 Å². The summed E-state index contributed by atoms with van der Waals surface area (Å²) in [5.41, 5.74) is 2.50. The lowest BCUT2D eigenvalue weighted by Crippen LogP contribution is -2.13. The van der Waals surface area contributed by atoms with Gasteiger partial charge in [-0.2, -0.15) is 0 Å². The van der Waals surface area contributed by atoms with Crippen LogP contribution in [0.3, 0.4) is 0 Å². The second kappa shape index (κ2) is 6.67. The van der Waals surface area contributed by atoms with Gasteiger partial charge in [0.25, 0.3) is 5.91 Å². The lowest BCUT2D eigenvalue weighted by Gasteiger charge is -2.09. The second-order valence-electron chi connectivity index (χ2n) is 5.28. The van der Waals surface area contributed by atoms with Crippen LogP contribution >= 0.6 is 23.2 Å². The van der Waals surface area contributed by atoms with Crippen molar-refractivity contribution in [1.82, 2.24) is 9.55 Å². The van der Waals surface area contributed by atoms with Crippen LogP contribution in [-0.4, -0.2) is 15.5 Å². The molecule has 1 N–H and O–H groups in total. The number of aryl methyl sites for hydroxylation is 1. The Labute approximate surface area is 149 Å². The predicted octanol–water partition coefficient (Wildman–Crippen LogP) is 5.09. The molecular formula is C18H15Cl2N3O. The van der Waals surface area contributed by atoms with Gasteiger partial charge in [-0.3, -0.25) is 4.79 Å². The van der Waals surface area contributed by atoms with Gasteiger partial charge in [0.05, 0.1) is 26.8 Å². The number of allylic oxidation sites excluding steroid dienone is 1. The Hall–Kier alpha value is -2.30. The molecule has 0 unspecified atom stereocenters. The van der Waals surface area contributed by atoms with Gasteiger partial charge in [0, 0.05) is 6.54 Å². The number of benzene rings is 2. The molecule has 0 aliphatic carbocycles. The van der Waals surface area contributed by atoms with Gasteiger partial charge in [-0.05, 0) is 31.2 Å². The third-order valence-corrected chi connectivity index (χ3v) is 4.35. The van der Waals surface area contributed by atoms with E-state index in [4.69, 9.17) is 23.2 Å². The first kappa shape index (κ1) is 16.6. The number of hydrogen-bond acceptors (Lipinski definition) is 2. The van der Waals surface area contributed by atoms with Crippen LogP contribution in [0.5, 0.6) is 0 Å². The molecule has 0 spiro atoms. The molecule has 6 heteroatoms. The van der Waals surface area contributed by atoms with E-state index < -0.39 is 0 Å². The largest absolute Gasteiger partial charge is 0.324 e. The number of amides is 1. The zero-order valence-corrected chi connectivity index (χ0v) is 14.5. The van der Waals surface area contributed by atoms with Gasteiger partial charge in [0.15, 0.2) is 0 Å². The minimum Gasteiger partial charge on any atom is -0.324 e. The normalized spacial score (nSPS) is 10.8. The summed E-state index contributed by atoms with van der Waals surface area (Å²) in [7, 11) is 0. The molecule has 0 aliphatic rings. The highest BCUT2D eigenvalue weighted by Crippen LogP contribution is 2.28. The predicted molar refractivity (Wildman–Crippen MR) is 99.1 cm³/mol. The second-order valence-corrected chi connectivity index (χ2v) is 6.10. The fraction of sp³-hybridized carbons (Fsp3) is 0.111. The molecule has 122 valence electrons. The van der Waals surface area contributed by atoms with Crippen molar-refractivity contribution in [1.29, 1.82) is 0 Å². The van der Waals surface area contributed by atoms with E-state index in [0.717, 1.165) is 11.3 Å². The van der Waals surface area contributed by atoms with Crippen molar-refractivity contribution in [3.05, 3.63) is 70.5 Å². The molecule has 0 fully saturated rings. The van der Waals surface area contributed by atoms with Gasteiger partial charge in [-0.1, -0.05) is 41.4 Å². The van der Waals surface area contributed by atoms with Crippen molar-refractivity contribution in [3.63, 3.8) is 0 Å². The molecule has 0 saturated carbocycles. The van der Waals surface area contributed by atoms with E-state index in [2.05, 4.69) is 16.9 Å². The summed E-state index contributed by atoms with van der Waals surface area (Å²) in [6.07, 6.45) is 1.81. The van der Waals surface area contributed by atoms with E-state index in [0.29, 0.717) is 27.8 Å². The average molecular weight is 360 g/mol. The van der Waals surface area contributed by atoms with Gasteiger partial charge in [0.2, 0.25) is 0 Å². The number of anilines is 1. The topological polar surface area (TPSA) is 46.9 Å². The summed E-state index contributed by atoms with van der Waals surface area (Å²) in [5, 5.41) is 3.47. The van der Waals surface area contributed by atoms with Gasteiger partial charge in [0.1, 0.15) is 11.3 Å². The highest BCUT2D eigenvalue weighted by atomic mass is 35.5. The molecule has 1 aromatic heterocycles. The average Bonchev–Trinajstić information content (AvgIpc) is 2.85. The number of hydrogen-bond donors (Lipinski definition) is 1. The van der Waals surface area contributed by atoms with E-state index in [9.17, 15) is 4.79 Å². The molecule has 0 aliphatic heterocycles. The molecule has 0 radical (unpaired) electrons. The highest BCUT2D eigenvalue weighted by Gasteiger charge is 2.17. The maximum absolute atomic E-state index is 12.6. The minimum atomic E-state index is -0.367. The molecule has 0 saturated heterocycles. The summed E-state index contributed by atoms with van der Waals surface area (Å²) in [6, 6.07) is 10.6. The lowest BCUT2D eigenvalue weighted by molar-refractivity contribution is 0.102. The minimum absolute atomic E-state index is 0.250. The first-order chi connectivity index (χ1) is 11.5. The van der Waals surface area contributed by atoms with Gasteiger partial charge in [-0.25, -0.2) is 4.98 Å². The Morgan fingerprint density at radius 2 is 1.92 bits per heavy atom. The summed E-state index contributed by atoms with van der Waals surface area (Å²) < 4.78 is 2.03. The number of aromatic nitrogens is 2. The number of carbonyl (C=O) groups is 1. The smallest absolute Gasteiger partial charge is 0.258 e. The molecule has 3 rings (SSSR count). The first-order valence-electron chi connectivity index (χ1n) is 7.35. The van der Waals surface area contributed by atoms with Gasteiger partial charge < -0.3 is 9.88 Å². The fourth-order valence-corrected chi connectivity index (χ4v) is 3.19. The van der Waals surface area contributed by atoms with Crippen LogP contribution in [0.2, 0.25) is 10.0 Å². The van der Waals surface area contributed by atoms with Gasteiger partial charge >= 0.3 is 0 Å². The van der Waals surface area contributed by atoms with E-state index in [1.807, 2.05) is 29.7 Å². The summed E-state index contributed by atoms with van der Waals surface area (Å²) in [4.78, 5) is 17.1. The molecule has 0 bridgehead atoms. The van der Waals surface area contributed by atoms with E-state index in [-0.39, 0.29) is 11.5 Å². The van der Waals surface area contributed by atoms with E-state index in [1.165, 1.54) is 0 Å². The number of imidazole rings is 1. The van der Waals surface area contributed by atoms with Crippen LogP contribution in [-0.2, 0) is 6.54 Å². The third kappa shape index (κ3) is 2.90. The van der Waals surface area contributed by atoms with E-state index in [1.54, 1.807) is 24.3 Å². The molecule has 4 nitrogen and oxygen atoms in total. The van der Waals surface area contributed by atoms with Crippen LogP contribution in [0, 0.1) is 6.92 Å². The number of halogens is 2. The van der Waals surface area contributed by atoms with Crippen LogP contribution in [0.15, 0.2) is 49.1 Å².